The molecule has 2 aromatic heterocycles. The number of carbonyl (C=O) groups excluding carboxylic acids is 3. The van der Waals surface area contributed by atoms with E-state index in [9.17, 15) is 14.4 Å². The Morgan fingerprint density at radius 2 is 2.18 bits per heavy atom. The summed E-state index contributed by atoms with van der Waals surface area (Å²) in [5.41, 5.74) is 0.711. The van der Waals surface area contributed by atoms with E-state index in [2.05, 4.69) is 15.0 Å². The minimum Gasteiger partial charge on any atom is -0.469 e. The molecule has 0 fully saturated rings. The van der Waals surface area contributed by atoms with Gasteiger partial charge in [0.05, 0.1) is 19.6 Å². The summed E-state index contributed by atoms with van der Waals surface area (Å²) in [4.78, 5) is 38.6. The predicted octanol–water partition coefficient (Wildman–Crippen LogP) is 2.31. The van der Waals surface area contributed by atoms with Gasteiger partial charge in [0.2, 0.25) is 0 Å². The summed E-state index contributed by atoms with van der Waals surface area (Å²) in [5.74, 6) is -0.913. The highest BCUT2D eigenvalue weighted by molar-refractivity contribution is 7.10. The maximum atomic E-state index is 12.3. The number of methoxy groups -OCH3 is 1. The standard InChI is InChI=1S/C15H16N2O4S/c1-9(18)10-6-12(16-8-10)15(20)17-11(7-14(19)21-2)13-4-3-5-22-13/h3-6,8,11,16H,7H2,1-2H3,(H,17,20)/t11-/m1/s1. The third-order valence-corrected chi connectivity index (χ3v) is 4.11. The molecule has 116 valence electrons. The lowest BCUT2D eigenvalue weighted by molar-refractivity contribution is -0.141. The Balaban J connectivity index is 2.13. The second-order valence-corrected chi connectivity index (χ2v) is 5.66. The number of aromatic amines is 1. The summed E-state index contributed by atoms with van der Waals surface area (Å²) >= 11 is 1.44. The van der Waals surface area contributed by atoms with E-state index in [-0.39, 0.29) is 23.8 Å². The number of aromatic nitrogens is 1. The molecule has 0 unspecified atom stereocenters. The van der Waals surface area contributed by atoms with E-state index in [1.165, 1.54) is 37.6 Å². The molecule has 0 saturated heterocycles. The number of Topliss-reactive ketones (excluding diaryl/α,β-unsaturated/α-hetero) is 1. The minimum atomic E-state index is -0.468. The first-order chi connectivity index (χ1) is 10.5. The van der Waals surface area contributed by atoms with E-state index in [1.54, 1.807) is 0 Å². The quantitative estimate of drug-likeness (QED) is 0.631. The first-order valence-electron chi connectivity index (χ1n) is 6.61. The van der Waals surface area contributed by atoms with Gasteiger partial charge in [-0.3, -0.25) is 14.4 Å². The number of thiophene rings is 1. The summed E-state index contributed by atoms with van der Waals surface area (Å²) in [5, 5.41) is 4.65. The van der Waals surface area contributed by atoms with Crippen LogP contribution in [-0.2, 0) is 9.53 Å². The second-order valence-electron chi connectivity index (χ2n) is 4.68. The molecule has 2 N–H and O–H groups in total. The summed E-state index contributed by atoms with van der Waals surface area (Å²) in [6.07, 6.45) is 1.53. The van der Waals surface area contributed by atoms with E-state index >= 15 is 0 Å². The summed E-state index contributed by atoms with van der Waals surface area (Å²) in [6.45, 7) is 1.43. The van der Waals surface area contributed by atoms with Crippen LogP contribution in [0.15, 0.2) is 29.8 Å². The van der Waals surface area contributed by atoms with Gasteiger partial charge >= 0.3 is 5.97 Å². The molecule has 22 heavy (non-hydrogen) atoms. The van der Waals surface area contributed by atoms with Gasteiger partial charge in [0.15, 0.2) is 5.78 Å². The maximum absolute atomic E-state index is 12.3. The van der Waals surface area contributed by atoms with Crippen molar-refractivity contribution < 1.29 is 19.1 Å². The first-order valence-corrected chi connectivity index (χ1v) is 7.49. The molecular weight excluding hydrogens is 304 g/mol. The van der Waals surface area contributed by atoms with Crippen molar-refractivity contribution in [3.63, 3.8) is 0 Å². The van der Waals surface area contributed by atoms with Crippen LogP contribution in [0.1, 0.15) is 45.1 Å². The Morgan fingerprint density at radius 1 is 1.41 bits per heavy atom. The van der Waals surface area contributed by atoms with E-state index in [0.29, 0.717) is 5.56 Å². The molecule has 0 saturated carbocycles. The minimum absolute atomic E-state index is 0.0447. The first kappa shape index (κ1) is 16.0. The van der Waals surface area contributed by atoms with Crippen molar-refractivity contribution in [2.75, 3.05) is 7.11 Å². The molecule has 1 amide bonds. The predicted molar refractivity (Wildman–Crippen MR) is 82.0 cm³/mol. The molecule has 0 bridgehead atoms. The number of hydrogen-bond acceptors (Lipinski definition) is 5. The van der Waals surface area contributed by atoms with Gasteiger partial charge in [0.25, 0.3) is 5.91 Å². The topological polar surface area (TPSA) is 88.3 Å². The van der Waals surface area contributed by atoms with Crippen LogP contribution in [0.25, 0.3) is 0 Å². The lowest BCUT2D eigenvalue weighted by Gasteiger charge is -2.15. The van der Waals surface area contributed by atoms with Crippen LogP contribution < -0.4 is 5.32 Å². The average Bonchev–Trinajstić information content (AvgIpc) is 3.17. The molecule has 0 aromatic carbocycles. The van der Waals surface area contributed by atoms with Crippen LogP contribution in [0, 0.1) is 0 Å². The van der Waals surface area contributed by atoms with Crippen LogP contribution in [0.3, 0.4) is 0 Å². The number of H-pyrrole nitrogens is 1. The van der Waals surface area contributed by atoms with Crippen LogP contribution >= 0.6 is 11.3 Å². The fraction of sp³-hybridized carbons (Fsp3) is 0.267. The van der Waals surface area contributed by atoms with Gasteiger partial charge in [-0.05, 0) is 24.4 Å². The van der Waals surface area contributed by atoms with Gasteiger partial charge in [-0.25, -0.2) is 0 Å². The Labute approximate surface area is 131 Å². The van der Waals surface area contributed by atoms with Gasteiger partial charge in [-0.2, -0.15) is 0 Å². The molecule has 7 heteroatoms. The van der Waals surface area contributed by atoms with Crippen molar-refractivity contribution >= 4 is 29.0 Å². The Bertz CT molecular complexity index is 676. The van der Waals surface area contributed by atoms with Crippen LogP contribution in [0.5, 0.6) is 0 Å². The molecule has 0 spiro atoms. The van der Waals surface area contributed by atoms with Crippen molar-refractivity contribution in [2.45, 2.75) is 19.4 Å². The number of amides is 1. The molecule has 0 radical (unpaired) electrons. The van der Waals surface area contributed by atoms with Crippen molar-refractivity contribution in [1.82, 2.24) is 10.3 Å². The number of ketones is 1. The Kier molecular flexibility index (Phi) is 5.11. The number of ether oxygens (including phenoxy) is 1. The molecular formula is C15H16N2O4S. The fourth-order valence-corrected chi connectivity index (χ4v) is 2.70. The van der Waals surface area contributed by atoms with Gasteiger partial charge in [0.1, 0.15) is 5.69 Å². The molecule has 2 heterocycles. The zero-order chi connectivity index (χ0) is 16.1. The second kappa shape index (κ2) is 7.04. The molecule has 0 aliphatic carbocycles. The molecule has 0 aliphatic heterocycles. The van der Waals surface area contributed by atoms with Gasteiger partial charge in [-0.1, -0.05) is 6.07 Å². The summed E-state index contributed by atoms with van der Waals surface area (Å²) in [6, 6.07) is 4.71. The molecule has 0 aliphatic rings. The summed E-state index contributed by atoms with van der Waals surface area (Å²) < 4.78 is 4.66. The monoisotopic (exact) mass is 320 g/mol. The van der Waals surface area contributed by atoms with Crippen LogP contribution in [0.4, 0.5) is 0 Å². The largest absolute Gasteiger partial charge is 0.469 e. The average molecular weight is 320 g/mol. The van der Waals surface area contributed by atoms with Crippen molar-refractivity contribution in [3.8, 4) is 0 Å². The normalized spacial score (nSPS) is 11.7. The molecule has 2 aromatic rings. The van der Waals surface area contributed by atoms with E-state index < -0.39 is 12.0 Å². The number of nitrogens with one attached hydrogen (secondary N) is 2. The van der Waals surface area contributed by atoms with Gasteiger partial charge in [-0.15, -0.1) is 11.3 Å². The SMILES string of the molecule is COC(=O)C[C@@H](NC(=O)c1cc(C(C)=O)c[nH]1)c1cccs1. The lowest BCUT2D eigenvalue weighted by atomic mass is 10.1. The Morgan fingerprint density at radius 3 is 2.73 bits per heavy atom. The van der Waals surface area contributed by atoms with Gasteiger partial charge < -0.3 is 15.0 Å². The highest BCUT2D eigenvalue weighted by Gasteiger charge is 2.21. The number of carbonyl (C=O) groups is 3. The zero-order valence-electron chi connectivity index (χ0n) is 12.2. The number of rotatable bonds is 6. The third kappa shape index (κ3) is 3.82. The van der Waals surface area contributed by atoms with Gasteiger partial charge in [0, 0.05) is 16.6 Å². The molecule has 1 atom stereocenters. The molecule has 6 nitrogen and oxygen atoms in total. The van der Waals surface area contributed by atoms with Crippen molar-refractivity contribution in [3.05, 3.63) is 45.9 Å². The van der Waals surface area contributed by atoms with E-state index in [1.807, 2.05) is 17.5 Å². The fourth-order valence-electron chi connectivity index (χ4n) is 1.93. The smallest absolute Gasteiger partial charge is 0.307 e. The van der Waals surface area contributed by atoms with E-state index in [0.717, 1.165) is 4.88 Å². The highest BCUT2D eigenvalue weighted by atomic mass is 32.1. The summed E-state index contributed by atoms with van der Waals surface area (Å²) in [7, 11) is 1.31. The number of hydrogen-bond donors (Lipinski definition) is 2. The number of esters is 1. The maximum Gasteiger partial charge on any atom is 0.307 e. The van der Waals surface area contributed by atoms with Crippen LogP contribution in [-0.4, -0.2) is 29.8 Å². The van der Waals surface area contributed by atoms with E-state index in [4.69, 9.17) is 0 Å². The zero-order valence-corrected chi connectivity index (χ0v) is 13.0. The third-order valence-electron chi connectivity index (χ3n) is 3.12. The lowest BCUT2D eigenvalue weighted by Crippen LogP contribution is -2.30. The Hall–Kier alpha value is -2.41. The molecule has 2 rings (SSSR count). The highest BCUT2D eigenvalue weighted by Crippen LogP contribution is 2.23. The van der Waals surface area contributed by atoms with Crippen LogP contribution in [0.2, 0.25) is 0 Å². The van der Waals surface area contributed by atoms with Crippen molar-refractivity contribution in [2.24, 2.45) is 0 Å². The van der Waals surface area contributed by atoms with Crippen molar-refractivity contribution in [1.29, 1.82) is 0 Å².